The lowest BCUT2D eigenvalue weighted by molar-refractivity contribution is -0.120. The molecule has 0 amide bonds. The molecule has 1 atom stereocenters. The van der Waals surface area contributed by atoms with E-state index >= 15 is 0 Å². The molecule has 1 saturated heterocycles. The minimum Gasteiger partial charge on any atom is -0.378 e. The second kappa shape index (κ2) is 3.40. The van der Waals surface area contributed by atoms with E-state index < -0.39 is 0 Å². The highest BCUT2D eigenvalue weighted by atomic mass is 16.1. The fourth-order valence-electron chi connectivity index (χ4n) is 1.14. The van der Waals surface area contributed by atoms with Crippen LogP contribution >= 0.6 is 0 Å². The molecule has 0 aromatic heterocycles. The molecule has 1 heterocycles. The number of ketones is 1. The van der Waals surface area contributed by atoms with Crippen molar-refractivity contribution in [2.24, 2.45) is 0 Å². The van der Waals surface area contributed by atoms with Crippen LogP contribution in [0.2, 0.25) is 0 Å². The fraction of sp³-hybridized carbons (Fsp3) is 0.556. The zero-order valence-corrected chi connectivity index (χ0v) is 7.35. The van der Waals surface area contributed by atoms with Crippen LogP contribution in [0, 0.1) is 11.3 Å². The van der Waals surface area contributed by atoms with Crippen molar-refractivity contribution in [1.29, 1.82) is 5.26 Å². The number of nitrogens with zero attached hydrogens (tertiary/aromatic N) is 1. The van der Waals surface area contributed by atoms with E-state index in [-0.39, 0.29) is 18.2 Å². The van der Waals surface area contributed by atoms with E-state index in [9.17, 15) is 4.79 Å². The Bertz CT molecular complexity index is 261. The van der Waals surface area contributed by atoms with Crippen LogP contribution in [0.25, 0.3) is 0 Å². The van der Waals surface area contributed by atoms with Crippen molar-refractivity contribution >= 4 is 5.78 Å². The minimum absolute atomic E-state index is 0.00231. The third-order valence-electron chi connectivity index (χ3n) is 2.00. The van der Waals surface area contributed by atoms with Crippen molar-refractivity contribution in [2.75, 3.05) is 0 Å². The van der Waals surface area contributed by atoms with Crippen molar-refractivity contribution in [3.8, 4) is 6.07 Å². The summed E-state index contributed by atoms with van der Waals surface area (Å²) in [5, 5.41) is 11.3. The van der Waals surface area contributed by atoms with Crippen LogP contribution < -0.4 is 5.32 Å². The van der Waals surface area contributed by atoms with Gasteiger partial charge in [0, 0.05) is 12.1 Å². The third kappa shape index (κ3) is 1.65. The van der Waals surface area contributed by atoms with Crippen LogP contribution in [0.5, 0.6) is 0 Å². The zero-order valence-electron chi connectivity index (χ0n) is 7.35. The molecule has 1 unspecified atom stereocenters. The molecule has 0 bridgehead atoms. The van der Waals surface area contributed by atoms with E-state index in [2.05, 4.69) is 5.32 Å². The summed E-state index contributed by atoms with van der Waals surface area (Å²) in [6, 6.07) is 1.75. The fourth-order valence-corrected chi connectivity index (χ4v) is 1.14. The van der Waals surface area contributed by atoms with Gasteiger partial charge in [0.2, 0.25) is 0 Å². The van der Waals surface area contributed by atoms with Crippen molar-refractivity contribution < 1.29 is 4.79 Å². The van der Waals surface area contributed by atoms with E-state index in [4.69, 9.17) is 5.26 Å². The number of allylic oxidation sites excluding steroid dienone is 1. The predicted molar refractivity (Wildman–Crippen MR) is 45.2 cm³/mol. The SMILES string of the molecule is CC(C)=C1CC(C(=O)CC#N)N1. The maximum atomic E-state index is 11.1. The number of rotatable bonds is 2. The van der Waals surface area contributed by atoms with E-state index in [1.165, 1.54) is 5.57 Å². The summed E-state index contributed by atoms with van der Waals surface area (Å²) >= 11 is 0. The van der Waals surface area contributed by atoms with Gasteiger partial charge in [0.05, 0.1) is 18.5 Å². The van der Waals surface area contributed by atoms with Gasteiger partial charge in [-0.05, 0) is 13.8 Å². The number of nitrogens with one attached hydrogen (secondary N) is 1. The van der Waals surface area contributed by atoms with Gasteiger partial charge in [-0.1, -0.05) is 5.57 Å². The van der Waals surface area contributed by atoms with Crippen molar-refractivity contribution in [1.82, 2.24) is 5.32 Å². The molecular formula is C9H12N2O. The zero-order chi connectivity index (χ0) is 9.14. The average molecular weight is 164 g/mol. The van der Waals surface area contributed by atoms with Gasteiger partial charge in [-0.2, -0.15) is 5.26 Å². The lowest BCUT2D eigenvalue weighted by Crippen LogP contribution is -2.46. The Labute approximate surface area is 72.1 Å². The molecular weight excluding hydrogens is 152 g/mol. The van der Waals surface area contributed by atoms with Crippen molar-refractivity contribution in [2.45, 2.75) is 32.7 Å². The second-order valence-corrected chi connectivity index (χ2v) is 3.18. The van der Waals surface area contributed by atoms with E-state index in [1.807, 2.05) is 19.9 Å². The Balaban J connectivity index is 2.41. The third-order valence-corrected chi connectivity index (χ3v) is 2.00. The number of hydrogen-bond acceptors (Lipinski definition) is 3. The molecule has 0 saturated carbocycles. The molecule has 3 heteroatoms. The van der Waals surface area contributed by atoms with Gasteiger partial charge >= 0.3 is 0 Å². The molecule has 0 radical (unpaired) electrons. The van der Waals surface area contributed by atoms with E-state index in [1.54, 1.807) is 0 Å². The monoisotopic (exact) mass is 164 g/mol. The molecule has 0 spiro atoms. The van der Waals surface area contributed by atoms with Crippen molar-refractivity contribution in [3.05, 3.63) is 11.3 Å². The van der Waals surface area contributed by atoms with Gasteiger partial charge in [0.1, 0.15) is 0 Å². The lowest BCUT2D eigenvalue weighted by Gasteiger charge is -2.31. The molecule has 64 valence electrons. The van der Waals surface area contributed by atoms with Gasteiger partial charge in [-0.15, -0.1) is 0 Å². The summed E-state index contributed by atoms with van der Waals surface area (Å²) in [5.41, 5.74) is 2.36. The first-order chi connectivity index (χ1) is 5.65. The Morgan fingerprint density at radius 3 is 2.75 bits per heavy atom. The van der Waals surface area contributed by atoms with Gasteiger partial charge in [-0.3, -0.25) is 4.79 Å². The summed E-state index contributed by atoms with van der Waals surface area (Å²) in [5.74, 6) is 0.00231. The molecule has 0 aromatic rings. The molecule has 1 aliphatic rings. The number of hydrogen-bond donors (Lipinski definition) is 1. The molecule has 0 aromatic carbocycles. The van der Waals surface area contributed by atoms with Crippen LogP contribution in [0.4, 0.5) is 0 Å². The molecule has 12 heavy (non-hydrogen) atoms. The van der Waals surface area contributed by atoms with E-state index in [0.29, 0.717) is 0 Å². The van der Waals surface area contributed by atoms with E-state index in [0.717, 1.165) is 12.1 Å². The first kappa shape index (κ1) is 8.79. The quantitative estimate of drug-likeness (QED) is 0.665. The van der Waals surface area contributed by atoms with Crippen LogP contribution in [0.15, 0.2) is 11.3 Å². The number of carbonyl (C=O) groups excluding carboxylic acids is 1. The van der Waals surface area contributed by atoms with Crippen LogP contribution in [0.1, 0.15) is 26.7 Å². The van der Waals surface area contributed by atoms with Gasteiger partial charge in [0.15, 0.2) is 5.78 Å². The minimum atomic E-state index is -0.102. The average Bonchev–Trinajstić information content (AvgIpc) is 1.82. The Morgan fingerprint density at radius 1 is 1.75 bits per heavy atom. The highest BCUT2D eigenvalue weighted by Crippen LogP contribution is 2.20. The molecule has 1 rings (SSSR count). The second-order valence-electron chi connectivity index (χ2n) is 3.18. The maximum Gasteiger partial charge on any atom is 0.169 e. The summed E-state index contributed by atoms with van der Waals surface area (Å²) in [6.45, 7) is 4.01. The van der Waals surface area contributed by atoms with Crippen molar-refractivity contribution in [3.63, 3.8) is 0 Å². The topological polar surface area (TPSA) is 52.9 Å². The summed E-state index contributed by atoms with van der Waals surface area (Å²) in [6.07, 6.45) is 0.802. The predicted octanol–water partition coefficient (Wildman–Crippen LogP) is 1.12. The van der Waals surface area contributed by atoms with Crippen LogP contribution in [0.3, 0.4) is 0 Å². The summed E-state index contributed by atoms with van der Waals surface area (Å²) < 4.78 is 0. The van der Waals surface area contributed by atoms with Gasteiger partial charge in [-0.25, -0.2) is 0 Å². The highest BCUT2D eigenvalue weighted by Gasteiger charge is 2.28. The normalized spacial score (nSPS) is 20.4. The molecule has 3 nitrogen and oxygen atoms in total. The lowest BCUT2D eigenvalue weighted by atomic mass is 9.94. The summed E-state index contributed by atoms with van der Waals surface area (Å²) in [4.78, 5) is 11.1. The molecule has 1 N–H and O–H groups in total. The number of nitriles is 1. The first-order valence-corrected chi connectivity index (χ1v) is 3.97. The maximum absolute atomic E-state index is 11.1. The first-order valence-electron chi connectivity index (χ1n) is 3.97. The highest BCUT2D eigenvalue weighted by molar-refractivity contribution is 5.87. The van der Waals surface area contributed by atoms with Crippen LogP contribution in [-0.4, -0.2) is 11.8 Å². The number of carbonyl (C=O) groups is 1. The largest absolute Gasteiger partial charge is 0.378 e. The summed E-state index contributed by atoms with van der Waals surface area (Å²) in [7, 11) is 0. The molecule has 1 fully saturated rings. The van der Waals surface area contributed by atoms with Crippen LogP contribution in [-0.2, 0) is 4.79 Å². The Kier molecular flexibility index (Phi) is 2.49. The molecule has 1 aliphatic heterocycles. The number of Topliss-reactive ketones (excluding diaryl/α,β-unsaturated/α-hetero) is 1. The standard InChI is InChI=1S/C9H12N2O/c1-6(2)7-5-8(11-7)9(12)3-4-10/h8,11H,3,5H2,1-2H3. The Morgan fingerprint density at radius 2 is 2.33 bits per heavy atom. The molecule has 0 aliphatic carbocycles. The Hall–Kier alpha value is -1.30. The smallest absolute Gasteiger partial charge is 0.169 e. The van der Waals surface area contributed by atoms with Gasteiger partial charge < -0.3 is 5.32 Å². The van der Waals surface area contributed by atoms with Gasteiger partial charge in [0.25, 0.3) is 0 Å².